The first-order chi connectivity index (χ1) is 14.6. The lowest BCUT2D eigenvalue weighted by atomic mass is 10.0. The standard InChI is InChI=1S/C23H17N5O2/c1-3-21(29)28-20-9-17(12-27-23(20)30-2)16-8-18-19(13-26-22(18)25-11-16)15-6-4-5-14(7-15)10-24/h3-9,11-13H,1H2,2H3,(H,25,26)(H,28,29). The summed E-state index contributed by atoms with van der Waals surface area (Å²) in [5.74, 6) is -0.0511. The zero-order valence-corrected chi connectivity index (χ0v) is 16.1. The molecule has 0 fully saturated rings. The molecule has 0 aliphatic heterocycles. The van der Waals surface area contributed by atoms with E-state index in [1.807, 2.05) is 30.5 Å². The Balaban J connectivity index is 1.80. The Kier molecular flexibility index (Phi) is 4.97. The molecule has 0 radical (unpaired) electrons. The second-order valence-electron chi connectivity index (χ2n) is 6.49. The van der Waals surface area contributed by atoms with Crippen molar-refractivity contribution in [1.29, 1.82) is 5.26 Å². The lowest BCUT2D eigenvalue weighted by Crippen LogP contribution is -2.09. The number of aromatic nitrogens is 3. The van der Waals surface area contributed by atoms with E-state index in [0.29, 0.717) is 17.1 Å². The zero-order valence-electron chi connectivity index (χ0n) is 16.1. The normalized spacial score (nSPS) is 10.4. The van der Waals surface area contributed by atoms with Crippen LogP contribution >= 0.6 is 0 Å². The average molecular weight is 395 g/mol. The number of ether oxygens (including phenoxy) is 1. The number of H-pyrrole nitrogens is 1. The molecule has 0 aliphatic carbocycles. The Labute approximate surface area is 172 Å². The quantitative estimate of drug-likeness (QED) is 0.491. The van der Waals surface area contributed by atoms with Crippen molar-refractivity contribution in [3.63, 3.8) is 0 Å². The molecule has 0 saturated carbocycles. The fourth-order valence-corrected chi connectivity index (χ4v) is 3.20. The summed E-state index contributed by atoms with van der Waals surface area (Å²) in [5.41, 5.74) is 5.22. The van der Waals surface area contributed by atoms with E-state index in [2.05, 4.69) is 32.9 Å². The summed E-state index contributed by atoms with van der Waals surface area (Å²) < 4.78 is 5.23. The number of anilines is 1. The number of amides is 1. The molecule has 146 valence electrons. The van der Waals surface area contributed by atoms with E-state index in [9.17, 15) is 10.1 Å². The molecule has 4 aromatic rings. The molecular formula is C23H17N5O2. The minimum Gasteiger partial charge on any atom is -0.480 e. The van der Waals surface area contributed by atoms with Crippen LogP contribution in [0.2, 0.25) is 0 Å². The third-order valence-electron chi connectivity index (χ3n) is 4.65. The molecule has 3 heterocycles. The minimum atomic E-state index is -0.355. The summed E-state index contributed by atoms with van der Waals surface area (Å²) >= 11 is 0. The topological polar surface area (TPSA) is 104 Å². The van der Waals surface area contributed by atoms with Crippen LogP contribution in [0.25, 0.3) is 33.3 Å². The number of fused-ring (bicyclic) bond motifs is 1. The monoisotopic (exact) mass is 395 g/mol. The molecule has 0 saturated heterocycles. The van der Waals surface area contributed by atoms with Crippen LogP contribution in [0.3, 0.4) is 0 Å². The Morgan fingerprint density at radius 1 is 1.20 bits per heavy atom. The first kappa shape index (κ1) is 18.9. The van der Waals surface area contributed by atoms with Gasteiger partial charge in [0.15, 0.2) is 0 Å². The largest absolute Gasteiger partial charge is 0.480 e. The van der Waals surface area contributed by atoms with Crippen LogP contribution < -0.4 is 10.1 Å². The summed E-state index contributed by atoms with van der Waals surface area (Å²) in [7, 11) is 1.49. The van der Waals surface area contributed by atoms with Gasteiger partial charge in [0.1, 0.15) is 11.3 Å². The minimum absolute atomic E-state index is 0.304. The van der Waals surface area contributed by atoms with Crippen molar-refractivity contribution in [2.45, 2.75) is 0 Å². The number of nitrogens with zero attached hydrogens (tertiary/aromatic N) is 3. The number of pyridine rings is 2. The van der Waals surface area contributed by atoms with Crippen molar-refractivity contribution in [2.24, 2.45) is 0 Å². The Morgan fingerprint density at radius 2 is 2.00 bits per heavy atom. The van der Waals surface area contributed by atoms with Crippen molar-refractivity contribution in [2.75, 3.05) is 12.4 Å². The van der Waals surface area contributed by atoms with Gasteiger partial charge < -0.3 is 15.0 Å². The number of nitriles is 1. The lowest BCUT2D eigenvalue weighted by Gasteiger charge is -2.10. The molecule has 1 amide bonds. The maximum atomic E-state index is 11.7. The van der Waals surface area contributed by atoms with Crippen LogP contribution in [0.15, 0.2) is 67.6 Å². The SMILES string of the molecule is C=CC(=O)Nc1cc(-c2cnc3[nH]cc(-c4cccc(C#N)c4)c3c2)cnc1OC. The third kappa shape index (κ3) is 3.50. The highest BCUT2D eigenvalue weighted by atomic mass is 16.5. The van der Waals surface area contributed by atoms with Gasteiger partial charge in [0, 0.05) is 40.7 Å². The molecule has 0 aliphatic rings. The molecule has 30 heavy (non-hydrogen) atoms. The van der Waals surface area contributed by atoms with Gasteiger partial charge in [-0.15, -0.1) is 0 Å². The molecule has 1 aromatic carbocycles. The highest BCUT2D eigenvalue weighted by molar-refractivity contribution is 6.00. The van der Waals surface area contributed by atoms with Crippen molar-refractivity contribution < 1.29 is 9.53 Å². The number of hydrogen-bond acceptors (Lipinski definition) is 5. The van der Waals surface area contributed by atoms with E-state index < -0.39 is 0 Å². The number of carbonyl (C=O) groups excluding carboxylic acids is 1. The van der Waals surface area contributed by atoms with Gasteiger partial charge in [-0.3, -0.25) is 4.79 Å². The van der Waals surface area contributed by atoms with Crippen molar-refractivity contribution in [3.8, 4) is 34.2 Å². The van der Waals surface area contributed by atoms with E-state index in [4.69, 9.17) is 4.74 Å². The predicted molar refractivity (Wildman–Crippen MR) is 115 cm³/mol. The van der Waals surface area contributed by atoms with Gasteiger partial charge in [-0.25, -0.2) is 9.97 Å². The zero-order chi connectivity index (χ0) is 21.1. The number of nitrogens with one attached hydrogen (secondary N) is 2. The number of methoxy groups -OCH3 is 1. The van der Waals surface area contributed by atoms with Crippen LogP contribution in [0.4, 0.5) is 5.69 Å². The molecule has 7 heteroatoms. The second-order valence-corrected chi connectivity index (χ2v) is 6.49. The Bertz CT molecular complexity index is 1320. The van der Waals surface area contributed by atoms with E-state index >= 15 is 0 Å². The maximum Gasteiger partial charge on any atom is 0.247 e. The fraction of sp³-hybridized carbons (Fsp3) is 0.0435. The molecule has 3 aromatic heterocycles. The number of hydrogen-bond donors (Lipinski definition) is 2. The second kappa shape index (κ2) is 7.89. The molecule has 7 nitrogen and oxygen atoms in total. The smallest absolute Gasteiger partial charge is 0.247 e. The number of benzene rings is 1. The van der Waals surface area contributed by atoms with Gasteiger partial charge in [-0.05, 0) is 35.9 Å². The van der Waals surface area contributed by atoms with Crippen molar-refractivity contribution >= 4 is 22.6 Å². The summed E-state index contributed by atoms with van der Waals surface area (Å²) in [6.45, 7) is 3.47. The van der Waals surface area contributed by atoms with Crippen LogP contribution in [-0.4, -0.2) is 28.0 Å². The summed E-state index contributed by atoms with van der Waals surface area (Å²) in [6.07, 6.45) is 6.45. The number of rotatable bonds is 5. The highest BCUT2D eigenvalue weighted by Crippen LogP contribution is 2.33. The van der Waals surface area contributed by atoms with E-state index in [0.717, 1.165) is 33.3 Å². The van der Waals surface area contributed by atoms with E-state index in [-0.39, 0.29) is 5.91 Å². The maximum absolute atomic E-state index is 11.7. The first-order valence-corrected chi connectivity index (χ1v) is 9.08. The van der Waals surface area contributed by atoms with Crippen molar-refractivity contribution in [3.05, 3.63) is 73.2 Å². The molecule has 0 unspecified atom stereocenters. The molecule has 0 atom stereocenters. The van der Waals surface area contributed by atoms with E-state index in [1.165, 1.54) is 13.2 Å². The van der Waals surface area contributed by atoms with Gasteiger partial charge in [-0.2, -0.15) is 5.26 Å². The Hall–Kier alpha value is -4.44. The average Bonchev–Trinajstić information content (AvgIpc) is 3.22. The van der Waals surface area contributed by atoms with Crippen LogP contribution in [-0.2, 0) is 4.79 Å². The first-order valence-electron chi connectivity index (χ1n) is 9.08. The molecule has 0 bridgehead atoms. The molecule has 4 rings (SSSR count). The van der Waals surface area contributed by atoms with Gasteiger partial charge >= 0.3 is 0 Å². The van der Waals surface area contributed by atoms with E-state index in [1.54, 1.807) is 24.5 Å². The number of aromatic amines is 1. The van der Waals surface area contributed by atoms with Crippen molar-refractivity contribution in [1.82, 2.24) is 15.0 Å². The van der Waals surface area contributed by atoms with Gasteiger partial charge in [0.05, 0.1) is 18.7 Å². The Morgan fingerprint density at radius 3 is 2.77 bits per heavy atom. The third-order valence-corrected chi connectivity index (χ3v) is 4.65. The van der Waals surface area contributed by atoms with Crippen LogP contribution in [0, 0.1) is 11.3 Å². The van der Waals surface area contributed by atoms with Gasteiger partial charge in [0.25, 0.3) is 0 Å². The van der Waals surface area contributed by atoms with Crippen LogP contribution in [0.1, 0.15) is 5.56 Å². The van der Waals surface area contributed by atoms with Crippen LogP contribution in [0.5, 0.6) is 5.88 Å². The van der Waals surface area contributed by atoms with Gasteiger partial charge in [0.2, 0.25) is 11.8 Å². The summed E-state index contributed by atoms with van der Waals surface area (Å²) in [6, 6.07) is 13.4. The number of carbonyl (C=O) groups is 1. The summed E-state index contributed by atoms with van der Waals surface area (Å²) in [4.78, 5) is 23.7. The van der Waals surface area contributed by atoms with Gasteiger partial charge in [-0.1, -0.05) is 18.7 Å². The predicted octanol–water partition coefficient (Wildman–Crippen LogP) is 4.30. The summed E-state index contributed by atoms with van der Waals surface area (Å²) in [5, 5.41) is 12.8. The fourth-order valence-electron chi connectivity index (χ4n) is 3.20. The highest BCUT2D eigenvalue weighted by Gasteiger charge is 2.13. The molecular weight excluding hydrogens is 378 g/mol. The molecule has 0 spiro atoms. The molecule has 2 N–H and O–H groups in total. The lowest BCUT2D eigenvalue weighted by molar-refractivity contribution is -0.111.